The van der Waals surface area contributed by atoms with Crippen molar-refractivity contribution in [3.63, 3.8) is 0 Å². The number of Topliss-reactive ketones (excluding diaryl/α,β-unsaturated/α-hetero) is 2. The van der Waals surface area contributed by atoms with Crippen LogP contribution in [-0.2, 0) is 4.79 Å². The third-order valence-electron chi connectivity index (χ3n) is 10.9. The molecule has 5 heteroatoms. The van der Waals surface area contributed by atoms with Crippen LogP contribution in [0.15, 0.2) is 66.7 Å². The number of ketones is 2. The minimum atomic E-state index is -0.394. The van der Waals surface area contributed by atoms with Crippen molar-refractivity contribution in [3.05, 3.63) is 93.9 Å². The van der Waals surface area contributed by atoms with E-state index in [1.165, 1.54) is 116 Å². The molecule has 3 aromatic rings. The molecule has 2 aliphatic rings. The van der Waals surface area contributed by atoms with Gasteiger partial charge >= 0.3 is 5.97 Å². The number of esters is 1. The number of carbonyl (C=O) groups is 3. The van der Waals surface area contributed by atoms with E-state index in [0.29, 0.717) is 32.9 Å². The Bertz CT molecular complexity index is 1710. The number of anilines is 1. The minimum absolute atomic E-state index is 0.132. The Morgan fingerprint density at radius 2 is 0.923 bits per heavy atom. The Labute approximate surface area is 312 Å². The van der Waals surface area contributed by atoms with Crippen molar-refractivity contribution in [1.29, 1.82) is 0 Å². The summed E-state index contributed by atoms with van der Waals surface area (Å²) in [4.78, 5) is 42.6. The van der Waals surface area contributed by atoms with Gasteiger partial charge in [0.15, 0.2) is 11.6 Å². The van der Waals surface area contributed by atoms with E-state index in [-0.39, 0.29) is 17.1 Å². The van der Waals surface area contributed by atoms with E-state index < -0.39 is 5.97 Å². The number of carbonyl (C=O) groups excluding carboxylic acids is 3. The maximum atomic E-state index is 13.6. The molecule has 0 atom stereocenters. The van der Waals surface area contributed by atoms with Crippen molar-refractivity contribution in [2.24, 2.45) is 0 Å². The highest BCUT2D eigenvalue weighted by molar-refractivity contribution is 6.55. The molecule has 0 saturated carbocycles. The molecule has 1 aliphatic carbocycles. The van der Waals surface area contributed by atoms with Crippen LogP contribution in [0.3, 0.4) is 0 Å². The Hall–Kier alpha value is -3.99. The van der Waals surface area contributed by atoms with E-state index in [0.717, 1.165) is 37.2 Å². The van der Waals surface area contributed by atoms with Crippen molar-refractivity contribution >= 4 is 34.4 Å². The van der Waals surface area contributed by atoms with Gasteiger partial charge < -0.3 is 9.64 Å². The minimum Gasteiger partial charge on any atom is -0.422 e. The molecule has 0 fully saturated rings. The molecule has 3 aromatic carbocycles. The average Bonchev–Trinajstić information content (AvgIpc) is 3.62. The normalized spacial score (nSPS) is 13.5. The second kappa shape index (κ2) is 20.9. The zero-order valence-electron chi connectivity index (χ0n) is 32.0. The molecule has 0 radical (unpaired) electrons. The van der Waals surface area contributed by atoms with E-state index in [4.69, 9.17) is 4.74 Å². The van der Waals surface area contributed by atoms with E-state index in [1.54, 1.807) is 36.4 Å². The number of para-hydroxylation sites is 1. The monoisotopic (exact) mass is 703 g/mol. The first-order valence-corrected chi connectivity index (χ1v) is 20.7. The number of benzene rings is 3. The second-order valence-electron chi connectivity index (χ2n) is 14.9. The number of unbranched alkanes of at least 4 members (excludes halogenated alkanes) is 18. The van der Waals surface area contributed by atoms with Crippen molar-refractivity contribution in [2.75, 3.05) is 18.0 Å². The molecule has 52 heavy (non-hydrogen) atoms. The predicted molar refractivity (Wildman–Crippen MR) is 215 cm³/mol. The van der Waals surface area contributed by atoms with Crippen LogP contribution >= 0.6 is 0 Å². The molecular formula is C47H61NO4. The molecule has 0 unspecified atom stereocenters. The van der Waals surface area contributed by atoms with Crippen LogP contribution in [0.2, 0.25) is 0 Å². The second-order valence-corrected chi connectivity index (χ2v) is 14.9. The summed E-state index contributed by atoms with van der Waals surface area (Å²) in [6.45, 7) is 6.47. The zero-order chi connectivity index (χ0) is 36.5. The largest absolute Gasteiger partial charge is 0.422 e. The first-order chi connectivity index (χ1) is 25.5. The number of hydrogen-bond acceptors (Lipinski definition) is 5. The van der Waals surface area contributed by atoms with Crippen molar-refractivity contribution in [3.8, 4) is 5.75 Å². The van der Waals surface area contributed by atoms with Crippen molar-refractivity contribution in [1.82, 2.24) is 0 Å². The summed E-state index contributed by atoms with van der Waals surface area (Å²) in [6.07, 6.45) is 26.0. The number of rotatable bonds is 24. The van der Waals surface area contributed by atoms with Crippen LogP contribution in [0, 0.1) is 0 Å². The highest BCUT2D eigenvalue weighted by Crippen LogP contribution is 2.32. The molecule has 0 aromatic heterocycles. The Kier molecular flexibility index (Phi) is 15.8. The van der Waals surface area contributed by atoms with Gasteiger partial charge in [-0.25, -0.2) is 4.79 Å². The van der Waals surface area contributed by atoms with Gasteiger partial charge in [-0.3, -0.25) is 9.59 Å². The summed E-state index contributed by atoms with van der Waals surface area (Å²) in [5, 5.41) is 1.19. The summed E-state index contributed by atoms with van der Waals surface area (Å²) in [5.41, 5.74) is 3.48. The fourth-order valence-electron chi connectivity index (χ4n) is 7.89. The average molecular weight is 704 g/mol. The van der Waals surface area contributed by atoms with Gasteiger partial charge in [0.05, 0.1) is 11.1 Å². The first-order valence-electron chi connectivity index (χ1n) is 20.7. The Balaban J connectivity index is 1.31. The predicted octanol–water partition coefficient (Wildman–Crippen LogP) is 10.7. The quantitative estimate of drug-likeness (QED) is 0.0528. The molecule has 0 spiro atoms. The summed E-state index contributed by atoms with van der Waals surface area (Å²) in [6, 6.07) is 20.5. The van der Waals surface area contributed by atoms with Crippen LogP contribution in [0.1, 0.15) is 169 Å². The van der Waals surface area contributed by atoms with Gasteiger partial charge in [0.25, 0.3) is 0 Å². The van der Waals surface area contributed by atoms with Gasteiger partial charge in [0, 0.05) is 40.7 Å². The highest BCUT2D eigenvalue weighted by Gasteiger charge is 2.34. The van der Waals surface area contributed by atoms with Crippen LogP contribution in [0.4, 0.5) is 5.69 Å². The summed E-state index contributed by atoms with van der Waals surface area (Å²) in [5.74, 6) is -0.565. The zero-order valence-corrected chi connectivity index (χ0v) is 32.0. The van der Waals surface area contributed by atoms with Crippen LogP contribution in [-0.4, -0.2) is 30.6 Å². The van der Waals surface area contributed by atoms with Gasteiger partial charge in [-0.15, -0.1) is 0 Å². The van der Waals surface area contributed by atoms with E-state index >= 15 is 0 Å². The van der Waals surface area contributed by atoms with E-state index in [2.05, 4.69) is 30.9 Å². The number of hydrogen-bond donors (Lipinski definition) is 0. The topological polar surface area (TPSA) is 63.7 Å². The van der Waals surface area contributed by atoms with Crippen LogP contribution in [0.5, 0.6) is 5.75 Å². The number of ether oxygens (including phenoxy) is 1. The van der Waals surface area contributed by atoms with Gasteiger partial charge in [0.1, 0.15) is 5.75 Å². The SMILES string of the molecule is CCCCCCCCCCCCN(CCCCCCCCCCCC)c1ccccc1C1=c2ccc(=C3C(=O)c4ccccc4C3=O)cc2OC1=O. The molecule has 5 nitrogen and oxygen atoms in total. The molecule has 5 rings (SSSR count). The third kappa shape index (κ3) is 10.3. The van der Waals surface area contributed by atoms with E-state index in [9.17, 15) is 14.4 Å². The summed E-state index contributed by atoms with van der Waals surface area (Å²) >= 11 is 0. The lowest BCUT2D eigenvalue weighted by Gasteiger charge is -2.27. The fourth-order valence-corrected chi connectivity index (χ4v) is 7.89. The smallest absolute Gasteiger partial charge is 0.344 e. The van der Waals surface area contributed by atoms with E-state index in [1.807, 2.05) is 18.2 Å². The third-order valence-corrected chi connectivity index (χ3v) is 10.9. The van der Waals surface area contributed by atoms with Gasteiger partial charge in [-0.05, 0) is 36.3 Å². The lowest BCUT2D eigenvalue weighted by Crippen LogP contribution is -2.27. The molecule has 1 aliphatic heterocycles. The fraction of sp³-hybridized carbons (Fsp3) is 0.511. The number of fused-ring (bicyclic) bond motifs is 2. The highest BCUT2D eigenvalue weighted by atomic mass is 16.5. The molecule has 0 N–H and O–H groups in total. The molecular weight excluding hydrogens is 643 g/mol. The Morgan fingerprint density at radius 1 is 0.481 bits per heavy atom. The molecule has 0 amide bonds. The summed E-state index contributed by atoms with van der Waals surface area (Å²) in [7, 11) is 0. The molecule has 278 valence electrons. The van der Waals surface area contributed by atoms with Gasteiger partial charge in [0.2, 0.25) is 0 Å². The lowest BCUT2D eigenvalue weighted by molar-refractivity contribution is -0.127. The standard InChI is InChI=1S/C47H61NO4/c1-3-5-7-9-11-13-15-17-19-25-33-48(34-26-20-18-16-14-12-10-8-6-4-2)41-30-24-23-29-39(41)44-40-32-31-36(35-42(40)52-47(44)51)43-45(49)37-27-21-22-28-38(37)46(43)50/h21-24,27-32,35H,3-20,25-26,33-34H2,1-2H3. The first kappa shape index (κ1) is 39.2. The van der Waals surface area contributed by atoms with Gasteiger partial charge in [-0.1, -0.05) is 178 Å². The maximum Gasteiger partial charge on any atom is 0.344 e. The lowest BCUT2D eigenvalue weighted by atomic mass is 9.99. The maximum absolute atomic E-state index is 13.6. The van der Waals surface area contributed by atoms with Crippen molar-refractivity contribution in [2.45, 2.75) is 142 Å². The molecule has 0 saturated heterocycles. The van der Waals surface area contributed by atoms with Gasteiger partial charge in [-0.2, -0.15) is 0 Å². The van der Waals surface area contributed by atoms with Crippen LogP contribution in [0.25, 0.3) is 11.1 Å². The molecule has 0 bridgehead atoms. The Morgan fingerprint density at radius 3 is 1.42 bits per heavy atom. The summed E-state index contributed by atoms with van der Waals surface area (Å²) < 4.78 is 5.86. The molecule has 1 heterocycles. The van der Waals surface area contributed by atoms with Crippen LogP contribution < -0.4 is 20.1 Å². The van der Waals surface area contributed by atoms with Crippen molar-refractivity contribution < 1.29 is 19.1 Å². The number of nitrogens with zero attached hydrogens (tertiary/aromatic N) is 1.